The largest absolute Gasteiger partial charge is 0.481 e. The maximum atomic E-state index is 11.6. The number of hydrogen-bond acceptors (Lipinski definition) is 6. The molecule has 2 rings (SSSR count). The van der Waals surface area contributed by atoms with Crippen LogP contribution in [0, 0.1) is 15.5 Å². The topological polar surface area (TPSA) is 109 Å². The molecule has 1 unspecified atom stereocenters. The lowest BCUT2D eigenvalue weighted by Gasteiger charge is -2.39. The number of aromatic nitrogens is 2. The van der Waals surface area contributed by atoms with Crippen molar-refractivity contribution in [3.63, 3.8) is 0 Å². The highest BCUT2D eigenvalue weighted by Crippen LogP contribution is 2.36. The number of anilines is 1. The average Bonchev–Trinajstić information content (AvgIpc) is 2.48. The summed E-state index contributed by atoms with van der Waals surface area (Å²) >= 11 is 0. The molecule has 0 spiro atoms. The zero-order chi connectivity index (χ0) is 15.5. The fourth-order valence-electron chi connectivity index (χ4n) is 2.84. The third-order valence-corrected chi connectivity index (χ3v) is 3.88. The van der Waals surface area contributed by atoms with E-state index in [9.17, 15) is 20.0 Å². The van der Waals surface area contributed by atoms with Crippen molar-refractivity contribution in [3.05, 3.63) is 22.5 Å². The summed E-state index contributed by atoms with van der Waals surface area (Å²) in [5, 5.41) is 20.1. The fraction of sp³-hybridized carbons (Fsp3) is 0.615. The van der Waals surface area contributed by atoms with Crippen LogP contribution in [0.1, 0.15) is 32.6 Å². The molecular formula is C13H18N4O4. The Kier molecular flexibility index (Phi) is 4.35. The highest BCUT2D eigenvalue weighted by molar-refractivity contribution is 5.75. The van der Waals surface area contributed by atoms with Gasteiger partial charge in [0, 0.05) is 13.1 Å². The van der Waals surface area contributed by atoms with E-state index in [1.807, 2.05) is 6.92 Å². The molecule has 1 N–H and O–H groups in total. The van der Waals surface area contributed by atoms with Crippen molar-refractivity contribution in [2.24, 2.45) is 5.41 Å². The van der Waals surface area contributed by atoms with Crippen molar-refractivity contribution < 1.29 is 14.8 Å². The second-order valence-corrected chi connectivity index (χ2v) is 5.36. The van der Waals surface area contributed by atoms with Gasteiger partial charge in [-0.05, 0) is 19.3 Å². The summed E-state index contributed by atoms with van der Waals surface area (Å²) in [7, 11) is 0. The third kappa shape index (κ3) is 3.09. The van der Waals surface area contributed by atoms with Crippen molar-refractivity contribution in [1.29, 1.82) is 0 Å². The van der Waals surface area contributed by atoms with Crippen LogP contribution in [0.15, 0.2) is 12.4 Å². The van der Waals surface area contributed by atoms with Crippen LogP contribution in [0.3, 0.4) is 0 Å². The molecule has 1 aromatic heterocycles. The molecule has 1 fully saturated rings. The summed E-state index contributed by atoms with van der Waals surface area (Å²) in [4.78, 5) is 31.5. The minimum Gasteiger partial charge on any atom is -0.481 e. The zero-order valence-electron chi connectivity index (χ0n) is 11.9. The van der Waals surface area contributed by atoms with Gasteiger partial charge >= 0.3 is 11.7 Å². The van der Waals surface area contributed by atoms with Gasteiger partial charge in [-0.25, -0.2) is 9.97 Å². The van der Waals surface area contributed by atoms with Crippen LogP contribution in [-0.4, -0.2) is 39.1 Å². The van der Waals surface area contributed by atoms with Gasteiger partial charge in [0.25, 0.3) is 0 Å². The first-order valence-corrected chi connectivity index (χ1v) is 6.93. The minimum atomic E-state index is -0.795. The summed E-state index contributed by atoms with van der Waals surface area (Å²) < 4.78 is 0. The number of carboxylic acid groups (broad SMARTS) is 1. The Morgan fingerprint density at radius 2 is 2.19 bits per heavy atom. The standard InChI is InChI=1S/C13H18N4O4/c1-2-4-13(11(18)19)5-3-6-16(9-13)12-14-7-10(8-15-12)17(20)21/h7-8H,2-6,9H2,1H3,(H,18,19). The molecule has 8 nitrogen and oxygen atoms in total. The van der Waals surface area contributed by atoms with Crippen LogP contribution in [0.5, 0.6) is 0 Å². The van der Waals surface area contributed by atoms with Gasteiger partial charge in [-0.3, -0.25) is 14.9 Å². The first-order chi connectivity index (χ1) is 9.98. The second kappa shape index (κ2) is 6.02. The highest BCUT2D eigenvalue weighted by atomic mass is 16.6. The van der Waals surface area contributed by atoms with Crippen molar-refractivity contribution in [1.82, 2.24) is 9.97 Å². The van der Waals surface area contributed by atoms with E-state index in [1.54, 1.807) is 4.90 Å². The van der Waals surface area contributed by atoms with Crippen LogP contribution < -0.4 is 4.90 Å². The van der Waals surface area contributed by atoms with Gasteiger partial charge < -0.3 is 10.0 Å². The number of hydrogen-bond donors (Lipinski definition) is 1. The number of piperidine rings is 1. The van der Waals surface area contributed by atoms with Crippen LogP contribution in [0.25, 0.3) is 0 Å². The minimum absolute atomic E-state index is 0.172. The maximum absolute atomic E-state index is 11.6. The molecule has 0 bridgehead atoms. The number of carboxylic acids is 1. The predicted octanol–water partition coefficient (Wildman–Crippen LogP) is 1.86. The van der Waals surface area contributed by atoms with Crippen LogP contribution in [0.2, 0.25) is 0 Å². The van der Waals surface area contributed by atoms with Gasteiger partial charge in [0.2, 0.25) is 5.95 Å². The monoisotopic (exact) mass is 294 g/mol. The lowest BCUT2D eigenvalue weighted by atomic mass is 9.76. The van der Waals surface area contributed by atoms with Crippen molar-refractivity contribution in [2.45, 2.75) is 32.6 Å². The molecule has 1 aliphatic rings. The number of nitrogens with zero attached hydrogens (tertiary/aromatic N) is 4. The Labute approximate surface area is 122 Å². The van der Waals surface area contributed by atoms with E-state index >= 15 is 0 Å². The van der Waals surface area contributed by atoms with Gasteiger partial charge in [0.15, 0.2) is 0 Å². The highest BCUT2D eigenvalue weighted by Gasteiger charge is 2.42. The number of rotatable bonds is 5. The smallest absolute Gasteiger partial charge is 0.311 e. The maximum Gasteiger partial charge on any atom is 0.311 e. The number of aliphatic carboxylic acids is 1. The predicted molar refractivity (Wildman–Crippen MR) is 75.1 cm³/mol. The Morgan fingerprint density at radius 1 is 1.52 bits per heavy atom. The SMILES string of the molecule is CCCC1(C(=O)O)CCCN(c2ncc([N+](=O)[O-])cn2)C1. The van der Waals surface area contributed by atoms with E-state index in [0.29, 0.717) is 31.9 Å². The number of carbonyl (C=O) groups is 1. The Bertz CT molecular complexity index is 529. The molecule has 1 atom stereocenters. The molecule has 0 radical (unpaired) electrons. The Hall–Kier alpha value is -2.25. The summed E-state index contributed by atoms with van der Waals surface area (Å²) in [5.74, 6) is -0.446. The molecule has 0 aromatic carbocycles. The number of nitro groups is 1. The van der Waals surface area contributed by atoms with Crippen LogP contribution in [-0.2, 0) is 4.79 Å². The van der Waals surface area contributed by atoms with Gasteiger partial charge in [0.05, 0.1) is 10.3 Å². The van der Waals surface area contributed by atoms with Crippen molar-refractivity contribution in [3.8, 4) is 0 Å². The molecular weight excluding hydrogens is 276 g/mol. The molecule has 1 aromatic rings. The van der Waals surface area contributed by atoms with Crippen LogP contribution >= 0.6 is 0 Å². The second-order valence-electron chi connectivity index (χ2n) is 5.36. The average molecular weight is 294 g/mol. The summed E-state index contributed by atoms with van der Waals surface area (Å²) in [6, 6.07) is 0. The summed E-state index contributed by atoms with van der Waals surface area (Å²) in [6.07, 6.45) is 5.08. The van der Waals surface area contributed by atoms with E-state index in [2.05, 4.69) is 9.97 Å². The van der Waals surface area contributed by atoms with E-state index in [-0.39, 0.29) is 5.69 Å². The molecule has 8 heteroatoms. The summed E-state index contributed by atoms with van der Waals surface area (Å²) in [5.41, 5.74) is -0.952. The molecule has 0 aliphatic carbocycles. The van der Waals surface area contributed by atoms with Crippen LogP contribution in [0.4, 0.5) is 11.6 Å². The van der Waals surface area contributed by atoms with E-state index in [4.69, 9.17) is 0 Å². The normalized spacial score (nSPS) is 22.0. The van der Waals surface area contributed by atoms with Gasteiger partial charge in [-0.2, -0.15) is 0 Å². The van der Waals surface area contributed by atoms with E-state index < -0.39 is 16.3 Å². The molecule has 0 amide bonds. The first-order valence-electron chi connectivity index (χ1n) is 6.93. The van der Waals surface area contributed by atoms with Gasteiger partial charge in [-0.15, -0.1) is 0 Å². The molecule has 2 heterocycles. The fourth-order valence-corrected chi connectivity index (χ4v) is 2.84. The Balaban J connectivity index is 2.20. The third-order valence-electron chi connectivity index (χ3n) is 3.88. The van der Waals surface area contributed by atoms with E-state index in [1.165, 1.54) is 0 Å². The molecule has 1 saturated heterocycles. The van der Waals surface area contributed by atoms with Crippen molar-refractivity contribution >= 4 is 17.6 Å². The molecule has 21 heavy (non-hydrogen) atoms. The quantitative estimate of drug-likeness (QED) is 0.651. The lowest BCUT2D eigenvalue weighted by molar-refractivity contribution is -0.385. The zero-order valence-corrected chi connectivity index (χ0v) is 11.9. The molecule has 114 valence electrons. The van der Waals surface area contributed by atoms with Gasteiger partial charge in [0.1, 0.15) is 12.4 Å². The Morgan fingerprint density at radius 3 is 2.71 bits per heavy atom. The lowest BCUT2D eigenvalue weighted by Crippen LogP contribution is -2.48. The van der Waals surface area contributed by atoms with Crippen molar-refractivity contribution in [2.75, 3.05) is 18.0 Å². The van der Waals surface area contributed by atoms with Gasteiger partial charge in [-0.1, -0.05) is 13.3 Å². The van der Waals surface area contributed by atoms with E-state index in [0.717, 1.165) is 25.2 Å². The first kappa shape index (κ1) is 15.1. The molecule has 1 aliphatic heterocycles. The molecule has 0 saturated carbocycles. The summed E-state index contributed by atoms with van der Waals surface area (Å²) in [6.45, 7) is 2.97.